The first-order chi connectivity index (χ1) is 15.7. The van der Waals surface area contributed by atoms with Gasteiger partial charge in [-0.3, -0.25) is 4.79 Å². The van der Waals surface area contributed by atoms with Crippen molar-refractivity contribution in [2.75, 3.05) is 0 Å². The van der Waals surface area contributed by atoms with Gasteiger partial charge in [0.25, 0.3) is 5.91 Å². The summed E-state index contributed by atoms with van der Waals surface area (Å²) in [7, 11) is 0. The van der Waals surface area contributed by atoms with E-state index in [0.29, 0.717) is 22.7 Å². The predicted octanol–water partition coefficient (Wildman–Crippen LogP) is 2.71. The highest BCUT2D eigenvalue weighted by molar-refractivity contribution is 5.93. The first-order valence-corrected chi connectivity index (χ1v) is 9.70. The number of esters is 1. The van der Waals surface area contributed by atoms with Crippen molar-refractivity contribution in [3.05, 3.63) is 96.1 Å². The Labute approximate surface area is 183 Å². The minimum absolute atomic E-state index is 0.151. The highest BCUT2D eigenvalue weighted by Gasteiger charge is 2.11. The number of carbonyl (C=O) groups is 2. The minimum atomic E-state index is -0.484. The third-order valence-corrected chi connectivity index (χ3v) is 4.29. The number of benzene rings is 3. The number of amides is 1. The average molecular weight is 426 g/mol. The van der Waals surface area contributed by atoms with Crippen LogP contribution < -0.4 is 10.2 Å². The lowest BCUT2D eigenvalue weighted by atomic mass is 10.2. The van der Waals surface area contributed by atoms with Crippen molar-refractivity contribution in [1.29, 1.82) is 0 Å². The summed E-state index contributed by atoms with van der Waals surface area (Å²) >= 11 is 0. The van der Waals surface area contributed by atoms with Crippen LogP contribution in [0.25, 0.3) is 11.4 Å². The maximum Gasteiger partial charge on any atom is 0.343 e. The molecule has 0 aliphatic carbocycles. The number of hydrogen-bond acceptors (Lipinski definition) is 7. The van der Waals surface area contributed by atoms with Crippen LogP contribution in [-0.4, -0.2) is 38.3 Å². The van der Waals surface area contributed by atoms with Crippen LogP contribution in [0.1, 0.15) is 15.9 Å². The molecule has 0 radical (unpaired) electrons. The van der Waals surface area contributed by atoms with Gasteiger partial charge in [-0.05, 0) is 29.5 Å². The summed E-state index contributed by atoms with van der Waals surface area (Å²) in [6, 6.07) is 24.9. The highest BCUT2D eigenvalue weighted by atomic mass is 16.5. The molecule has 158 valence electrons. The van der Waals surface area contributed by atoms with E-state index in [4.69, 9.17) is 4.74 Å². The second-order valence-corrected chi connectivity index (χ2v) is 6.60. The number of rotatable bonds is 7. The van der Waals surface area contributed by atoms with Gasteiger partial charge >= 0.3 is 5.97 Å². The van der Waals surface area contributed by atoms with Gasteiger partial charge in [-0.2, -0.15) is 9.90 Å². The third kappa shape index (κ3) is 5.28. The molecule has 1 heterocycles. The van der Waals surface area contributed by atoms with Gasteiger partial charge in [-0.25, -0.2) is 10.2 Å². The molecule has 0 saturated carbocycles. The van der Waals surface area contributed by atoms with E-state index < -0.39 is 11.9 Å². The van der Waals surface area contributed by atoms with Crippen LogP contribution >= 0.6 is 0 Å². The van der Waals surface area contributed by atoms with E-state index in [2.05, 4.69) is 25.9 Å². The fraction of sp³-hybridized carbons (Fsp3) is 0.0435. The van der Waals surface area contributed by atoms with Gasteiger partial charge in [0.2, 0.25) is 5.82 Å². The number of nitrogens with one attached hydrogen (secondary N) is 1. The fourth-order valence-corrected chi connectivity index (χ4v) is 2.76. The molecule has 0 saturated heterocycles. The van der Waals surface area contributed by atoms with Crippen molar-refractivity contribution in [1.82, 2.24) is 25.6 Å². The molecule has 0 spiro atoms. The molecule has 1 amide bonds. The quantitative estimate of drug-likeness (QED) is 0.211. The van der Waals surface area contributed by atoms with Crippen LogP contribution in [-0.2, 0) is 11.3 Å². The number of nitrogens with zero attached hydrogens (tertiary/aromatic N) is 5. The van der Waals surface area contributed by atoms with Crippen LogP contribution in [0.15, 0.2) is 90.0 Å². The van der Waals surface area contributed by atoms with Crippen molar-refractivity contribution in [2.24, 2.45) is 5.10 Å². The monoisotopic (exact) mass is 426 g/mol. The molecule has 9 nitrogen and oxygen atoms in total. The van der Waals surface area contributed by atoms with Crippen molar-refractivity contribution < 1.29 is 14.3 Å². The Hall–Kier alpha value is -4.66. The van der Waals surface area contributed by atoms with Crippen molar-refractivity contribution in [3.63, 3.8) is 0 Å². The fourth-order valence-electron chi connectivity index (χ4n) is 2.76. The molecule has 0 bridgehead atoms. The van der Waals surface area contributed by atoms with Crippen molar-refractivity contribution in [2.45, 2.75) is 6.54 Å². The lowest BCUT2D eigenvalue weighted by molar-refractivity contribution is -0.122. The Morgan fingerprint density at radius 2 is 1.62 bits per heavy atom. The van der Waals surface area contributed by atoms with Gasteiger partial charge in [0.05, 0.1) is 11.8 Å². The van der Waals surface area contributed by atoms with Crippen LogP contribution in [0.4, 0.5) is 0 Å². The Kier molecular flexibility index (Phi) is 6.37. The van der Waals surface area contributed by atoms with E-state index in [1.807, 2.05) is 36.4 Å². The lowest BCUT2D eigenvalue weighted by Crippen LogP contribution is -2.24. The third-order valence-electron chi connectivity index (χ3n) is 4.29. The van der Waals surface area contributed by atoms with Gasteiger partial charge in [0.15, 0.2) is 0 Å². The smallest absolute Gasteiger partial charge is 0.343 e. The number of aromatic nitrogens is 4. The zero-order valence-electron chi connectivity index (χ0n) is 16.8. The molecular weight excluding hydrogens is 408 g/mol. The molecule has 4 rings (SSSR count). The first kappa shape index (κ1) is 20.6. The second kappa shape index (κ2) is 9.90. The maximum atomic E-state index is 12.3. The van der Waals surface area contributed by atoms with E-state index in [0.717, 1.165) is 5.56 Å². The molecule has 0 unspecified atom stereocenters. The molecule has 0 aliphatic heterocycles. The van der Waals surface area contributed by atoms with Gasteiger partial charge in [-0.15, -0.1) is 10.2 Å². The van der Waals surface area contributed by atoms with Crippen LogP contribution in [0.3, 0.4) is 0 Å². The summed E-state index contributed by atoms with van der Waals surface area (Å²) in [5, 5.41) is 16.0. The van der Waals surface area contributed by atoms with Crippen molar-refractivity contribution >= 4 is 18.1 Å². The van der Waals surface area contributed by atoms with Gasteiger partial charge < -0.3 is 4.74 Å². The van der Waals surface area contributed by atoms with Crippen LogP contribution in [0.2, 0.25) is 0 Å². The molecule has 1 N–H and O–H groups in total. The largest absolute Gasteiger partial charge is 0.422 e. The lowest BCUT2D eigenvalue weighted by Gasteiger charge is -2.07. The minimum Gasteiger partial charge on any atom is -0.422 e. The molecule has 0 atom stereocenters. The Balaban J connectivity index is 1.36. The molecule has 0 fully saturated rings. The number of hydrogen-bond donors (Lipinski definition) is 1. The molecule has 0 aliphatic rings. The molecule has 4 aromatic rings. The highest BCUT2D eigenvalue weighted by Crippen LogP contribution is 2.17. The van der Waals surface area contributed by atoms with E-state index in [1.165, 1.54) is 11.0 Å². The standard InChI is InChI=1S/C23H18N6O3/c30-21(16-29-27-22(26-28-29)17-9-3-1-4-10-17)25-24-15-19-13-7-8-14-20(19)32-23(31)18-11-5-2-6-12-18/h1-15H,16H2,(H,25,30)/b24-15-. The van der Waals surface area contributed by atoms with E-state index in [1.54, 1.807) is 48.5 Å². The van der Waals surface area contributed by atoms with Gasteiger partial charge in [-0.1, -0.05) is 60.7 Å². The zero-order chi connectivity index (χ0) is 22.2. The summed E-state index contributed by atoms with van der Waals surface area (Å²) < 4.78 is 5.45. The number of tetrazole rings is 1. The molecule has 32 heavy (non-hydrogen) atoms. The molecule has 1 aromatic heterocycles. The Morgan fingerprint density at radius 3 is 2.41 bits per heavy atom. The van der Waals surface area contributed by atoms with E-state index in [-0.39, 0.29) is 6.54 Å². The van der Waals surface area contributed by atoms with Crippen LogP contribution in [0.5, 0.6) is 5.75 Å². The van der Waals surface area contributed by atoms with E-state index >= 15 is 0 Å². The number of carbonyl (C=O) groups excluding carboxylic acids is 2. The van der Waals surface area contributed by atoms with Crippen LogP contribution in [0, 0.1) is 0 Å². The number of para-hydroxylation sites is 1. The normalized spacial score (nSPS) is 10.8. The average Bonchev–Trinajstić information content (AvgIpc) is 3.29. The van der Waals surface area contributed by atoms with Gasteiger partial charge in [0, 0.05) is 11.1 Å². The van der Waals surface area contributed by atoms with E-state index in [9.17, 15) is 9.59 Å². The molecule has 3 aromatic carbocycles. The molecule has 9 heteroatoms. The maximum absolute atomic E-state index is 12.3. The summed E-state index contributed by atoms with van der Waals surface area (Å²) in [5.74, 6) is -0.167. The Bertz CT molecular complexity index is 1240. The molecular formula is C23H18N6O3. The second-order valence-electron chi connectivity index (χ2n) is 6.60. The summed E-state index contributed by atoms with van der Waals surface area (Å²) in [6.07, 6.45) is 1.40. The van der Waals surface area contributed by atoms with Crippen molar-refractivity contribution in [3.8, 4) is 17.1 Å². The summed E-state index contributed by atoms with van der Waals surface area (Å²) in [4.78, 5) is 25.6. The predicted molar refractivity (Wildman–Crippen MR) is 117 cm³/mol. The first-order valence-electron chi connectivity index (χ1n) is 9.70. The summed E-state index contributed by atoms with van der Waals surface area (Å²) in [5.41, 5.74) is 4.17. The SMILES string of the molecule is O=C(Cn1nnc(-c2ccccc2)n1)N/N=C\c1ccccc1OC(=O)c1ccccc1. The topological polar surface area (TPSA) is 111 Å². The van der Waals surface area contributed by atoms with Gasteiger partial charge in [0.1, 0.15) is 12.3 Å². The number of ether oxygens (including phenoxy) is 1. The summed E-state index contributed by atoms with van der Waals surface area (Å²) in [6.45, 7) is -0.151. The number of hydrazone groups is 1. The Morgan fingerprint density at radius 1 is 0.938 bits per heavy atom. The zero-order valence-corrected chi connectivity index (χ0v) is 16.8.